The minimum atomic E-state index is -1.12. The summed E-state index contributed by atoms with van der Waals surface area (Å²) in [7, 11) is 1.25. The Bertz CT molecular complexity index is 1070. The van der Waals surface area contributed by atoms with Crippen LogP contribution in [0.4, 0.5) is 9.18 Å². The number of carboxylic acids is 1. The molecule has 3 aromatic carbocycles. The zero-order valence-electron chi connectivity index (χ0n) is 17.0. The van der Waals surface area contributed by atoms with Gasteiger partial charge in [-0.15, -0.1) is 0 Å². The lowest BCUT2D eigenvalue weighted by atomic mass is 9.98. The van der Waals surface area contributed by atoms with Gasteiger partial charge in [-0.25, -0.2) is 14.0 Å². The molecule has 0 aliphatic heterocycles. The number of carbonyl (C=O) groups is 2. The molecule has 0 fully saturated rings. The number of hydrogen-bond donors (Lipinski definition) is 1. The van der Waals surface area contributed by atoms with Crippen molar-refractivity contribution in [1.82, 2.24) is 4.90 Å². The normalized spacial score (nSPS) is 13.2. The van der Waals surface area contributed by atoms with Gasteiger partial charge in [0.05, 0.1) is 13.2 Å². The van der Waals surface area contributed by atoms with Crippen molar-refractivity contribution < 1.29 is 23.8 Å². The van der Waals surface area contributed by atoms with Gasteiger partial charge < -0.3 is 9.84 Å². The highest BCUT2D eigenvalue weighted by Gasteiger charge is 2.41. The second kappa shape index (κ2) is 8.60. The molecule has 0 spiro atoms. The van der Waals surface area contributed by atoms with Crippen LogP contribution in [-0.2, 0) is 16.0 Å². The summed E-state index contributed by atoms with van der Waals surface area (Å²) >= 11 is 0. The fourth-order valence-corrected chi connectivity index (χ4v) is 4.28. The van der Waals surface area contributed by atoms with Crippen molar-refractivity contribution in [3.05, 3.63) is 95.3 Å². The van der Waals surface area contributed by atoms with Crippen LogP contribution < -0.4 is 0 Å². The van der Waals surface area contributed by atoms with Gasteiger partial charge in [0.1, 0.15) is 11.9 Å². The first-order valence-electron chi connectivity index (χ1n) is 10.0. The summed E-state index contributed by atoms with van der Waals surface area (Å²) in [6, 6.07) is 19.6. The zero-order valence-corrected chi connectivity index (χ0v) is 17.0. The van der Waals surface area contributed by atoms with Crippen molar-refractivity contribution in [3.8, 4) is 11.1 Å². The average molecular weight is 419 g/mol. The van der Waals surface area contributed by atoms with Crippen molar-refractivity contribution in [2.24, 2.45) is 0 Å². The van der Waals surface area contributed by atoms with E-state index in [-0.39, 0.29) is 12.2 Å². The van der Waals surface area contributed by atoms with Gasteiger partial charge in [-0.1, -0.05) is 60.7 Å². The number of halogens is 1. The van der Waals surface area contributed by atoms with Gasteiger partial charge in [-0.05, 0) is 52.8 Å². The molecule has 0 radical (unpaired) electrons. The summed E-state index contributed by atoms with van der Waals surface area (Å²) in [6.07, 6.45) is -0.166. The second-order valence-corrected chi connectivity index (χ2v) is 7.47. The van der Waals surface area contributed by atoms with E-state index in [9.17, 15) is 19.1 Å². The largest absolute Gasteiger partial charge is 0.480 e. The average Bonchev–Trinajstić information content (AvgIpc) is 3.11. The minimum absolute atomic E-state index is 0.164. The number of carboxylic acid groups (broad SMARTS) is 1. The lowest BCUT2D eigenvalue weighted by Crippen LogP contribution is -2.47. The third kappa shape index (κ3) is 3.89. The van der Waals surface area contributed by atoms with E-state index in [1.807, 2.05) is 48.5 Å². The number of methoxy groups -OCH3 is 1. The van der Waals surface area contributed by atoms with Gasteiger partial charge >= 0.3 is 12.1 Å². The molecule has 0 heterocycles. The number of nitrogens with zero attached hydrogens (tertiary/aromatic N) is 1. The van der Waals surface area contributed by atoms with Gasteiger partial charge in [0, 0.05) is 0 Å². The maximum absolute atomic E-state index is 13.2. The summed E-state index contributed by atoms with van der Waals surface area (Å²) in [5.74, 6) is -1.47. The van der Waals surface area contributed by atoms with E-state index in [0.717, 1.165) is 27.8 Å². The standard InChI is InChI=1S/C25H22FNO4/c1-31-25(30)27(22(24(28)29)15-12-16-10-13-17(26)14-11-16)23-20-8-4-2-6-18(20)19-7-3-5-9-21(19)23/h2-11,13-14,22-23H,12,15H2,1H3,(H,28,29)/t22-/m0/s1. The molecule has 5 nitrogen and oxygen atoms in total. The number of hydrogen-bond acceptors (Lipinski definition) is 3. The van der Waals surface area contributed by atoms with Crippen LogP contribution in [0.3, 0.4) is 0 Å². The van der Waals surface area contributed by atoms with Crippen molar-refractivity contribution in [1.29, 1.82) is 0 Å². The van der Waals surface area contributed by atoms with Crippen LogP contribution in [0.5, 0.6) is 0 Å². The monoisotopic (exact) mass is 419 g/mol. The van der Waals surface area contributed by atoms with Crippen molar-refractivity contribution in [2.45, 2.75) is 24.9 Å². The third-order valence-electron chi connectivity index (χ3n) is 5.71. The Morgan fingerprint density at radius 1 is 0.968 bits per heavy atom. The molecule has 0 saturated heterocycles. The summed E-state index contributed by atoms with van der Waals surface area (Å²) < 4.78 is 18.2. The topological polar surface area (TPSA) is 66.8 Å². The van der Waals surface area contributed by atoms with E-state index >= 15 is 0 Å². The van der Waals surface area contributed by atoms with E-state index in [4.69, 9.17) is 4.74 Å². The van der Waals surface area contributed by atoms with Crippen molar-refractivity contribution in [2.75, 3.05) is 7.11 Å². The Kier molecular flexibility index (Phi) is 5.71. The Hall–Kier alpha value is -3.67. The Balaban J connectivity index is 1.74. The Morgan fingerprint density at radius 3 is 2.03 bits per heavy atom. The molecule has 0 bridgehead atoms. The lowest BCUT2D eigenvalue weighted by Gasteiger charge is -2.34. The van der Waals surface area contributed by atoms with Crippen LogP contribution in [0.25, 0.3) is 11.1 Å². The number of carbonyl (C=O) groups excluding carboxylic acids is 1. The third-order valence-corrected chi connectivity index (χ3v) is 5.71. The van der Waals surface area contributed by atoms with Crippen LogP contribution >= 0.6 is 0 Å². The molecule has 31 heavy (non-hydrogen) atoms. The molecule has 1 atom stereocenters. The van der Waals surface area contributed by atoms with E-state index in [1.165, 1.54) is 24.1 Å². The Labute approximate surface area is 179 Å². The molecule has 0 unspecified atom stereocenters. The van der Waals surface area contributed by atoms with Crippen LogP contribution in [0.15, 0.2) is 72.8 Å². The molecule has 3 aromatic rings. The van der Waals surface area contributed by atoms with Crippen LogP contribution in [0.1, 0.15) is 29.2 Å². The molecule has 6 heteroatoms. The number of benzene rings is 3. The van der Waals surface area contributed by atoms with Gasteiger partial charge in [-0.2, -0.15) is 0 Å². The predicted octanol–water partition coefficient (Wildman–Crippen LogP) is 5.05. The first-order chi connectivity index (χ1) is 15.0. The number of ether oxygens (including phenoxy) is 1. The highest BCUT2D eigenvalue weighted by molar-refractivity contribution is 5.85. The fraction of sp³-hybridized carbons (Fsp3) is 0.200. The van der Waals surface area contributed by atoms with Gasteiger partial charge in [0.2, 0.25) is 0 Å². The molecule has 4 rings (SSSR count). The van der Waals surface area contributed by atoms with Crippen LogP contribution in [-0.4, -0.2) is 35.2 Å². The number of aryl methyl sites for hydroxylation is 1. The zero-order chi connectivity index (χ0) is 22.0. The van der Waals surface area contributed by atoms with E-state index in [1.54, 1.807) is 12.1 Å². The quantitative estimate of drug-likeness (QED) is 0.607. The molecule has 1 N–H and O–H groups in total. The van der Waals surface area contributed by atoms with E-state index in [2.05, 4.69) is 0 Å². The molecule has 1 aliphatic rings. The van der Waals surface area contributed by atoms with Gasteiger partial charge in [0.15, 0.2) is 0 Å². The number of fused-ring (bicyclic) bond motifs is 3. The molecule has 158 valence electrons. The first-order valence-corrected chi connectivity index (χ1v) is 10.0. The van der Waals surface area contributed by atoms with Gasteiger partial charge in [-0.3, -0.25) is 4.90 Å². The molecular weight excluding hydrogens is 397 g/mol. The SMILES string of the molecule is COC(=O)N(C1c2ccccc2-c2ccccc21)[C@@H](CCc1ccc(F)cc1)C(=O)O. The van der Waals surface area contributed by atoms with Crippen molar-refractivity contribution in [3.63, 3.8) is 0 Å². The van der Waals surface area contributed by atoms with Crippen LogP contribution in [0, 0.1) is 5.82 Å². The smallest absolute Gasteiger partial charge is 0.411 e. The Morgan fingerprint density at radius 2 is 1.52 bits per heavy atom. The lowest BCUT2D eigenvalue weighted by molar-refractivity contribution is -0.143. The molecule has 0 saturated carbocycles. The number of amides is 1. The van der Waals surface area contributed by atoms with E-state index in [0.29, 0.717) is 6.42 Å². The van der Waals surface area contributed by atoms with E-state index < -0.39 is 24.1 Å². The maximum Gasteiger partial charge on any atom is 0.411 e. The summed E-state index contributed by atoms with van der Waals surface area (Å²) in [5, 5.41) is 10.1. The minimum Gasteiger partial charge on any atom is -0.480 e. The second-order valence-electron chi connectivity index (χ2n) is 7.47. The molecule has 0 aromatic heterocycles. The summed E-state index contributed by atoms with van der Waals surface area (Å²) in [4.78, 5) is 26.5. The maximum atomic E-state index is 13.2. The van der Waals surface area contributed by atoms with Crippen LogP contribution in [0.2, 0.25) is 0 Å². The molecule has 1 aliphatic carbocycles. The fourth-order valence-electron chi connectivity index (χ4n) is 4.28. The highest BCUT2D eigenvalue weighted by atomic mass is 19.1. The predicted molar refractivity (Wildman–Crippen MR) is 114 cm³/mol. The summed E-state index contributed by atoms with van der Waals surface area (Å²) in [6.45, 7) is 0. The molecule has 1 amide bonds. The van der Waals surface area contributed by atoms with Gasteiger partial charge in [0.25, 0.3) is 0 Å². The summed E-state index contributed by atoms with van der Waals surface area (Å²) in [5.41, 5.74) is 4.47. The number of aliphatic carboxylic acids is 1. The van der Waals surface area contributed by atoms with Crippen molar-refractivity contribution >= 4 is 12.1 Å². The molecular formula is C25H22FNO4. The number of rotatable bonds is 6. The first kappa shape index (κ1) is 20.6. The highest BCUT2D eigenvalue weighted by Crippen LogP contribution is 2.47.